The molecule has 2 aromatic rings. The van der Waals surface area contributed by atoms with Crippen molar-refractivity contribution >= 4 is 11.5 Å². The van der Waals surface area contributed by atoms with Gasteiger partial charge in [-0.2, -0.15) is 0 Å². The van der Waals surface area contributed by atoms with E-state index in [0.29, 0.717) is 5.56 Å². The predicted molar refractivity (Wildman–Crippen MR) is 84.4 cm³/mol. The fourth-order valence-corrected chi connectivity index (χ4v) is 2.93. The zero-order valence-corrected chi connectivity index (χ0v) is 12.2. The molecule has 23 heavy (non-hydrogen) atoms. The molecule has 1 atom stereocenters. The summed E-state index contributed by atoms with van der Waals surface area (Å²) in [5.41, 5.74) is -2.15. The van der Waals surface area contributed by atoms with Gasteiger partial charge in [0.05, 0.1) is 5.56 Å². The van der Waals surface area contributed by atoms with Crippen LogP contribution in [0.25, 0.3) is 5.57 Å². The lowest BCUT2D eigenvalue weighted by molar-refractivity contribution is 0.0690. The maximum atomic E-state index is 15.9. The van der Waals surface area contributed by atoms with Crippen LogP contribution in [-0.2, 0) is 5.67 Å². The minimum Gasteiger partial charge on any atom is -0.478 e. The lowest BCUT2D eigenvalue weighted by Gasteiger charge is -2.31. The Morgan fingerprint density at radius 2 is 1.70 bits per heavy atom. The van der Waals surface area contributed by atoms with Gasteiger partial charge in [-0.05, 0) is 17.7 Å². The van der Waals surface area contributed by atoms with Gasteiger partial charge in [0.25, 0.3) is 0 Å². The Morgan fingerprint density at radius 3 is 2.39 bits per heavy atom. The molecular formula is C19H14F2O2. The van der Waals surface area contributed by atoms with Gasteiger partial charge >= 0.3 is 5.97 Å². The molecule has 1 aliphatic rings. The lowest BCUT2D eigenvalue weighted by Crippen LogP contribution is -2.27. The monoisotopic (exact) mass is 312 g/mol. The number of carboxylic acid groups (broad SMARTS) is 1. The van der Waals surface area contributed by atoms with Crippen LogP contribution >= 0.6 is 0 Å². The first kappa shape index (κ1) is 15.2. The van der Waals surface area contributed by atoms with E-state index in [1.54, 1.807) is 36.4 Å². The van der Waals surface area contributed by atoms with E-state index in [9.17, 15) is 14.3 Å². The van der Waals surface area contributed by atoms with E-state index in [2.05, 4.69) is 0 Å². The van der Waals surface area contributed by atoms with E-state index in [4.69, 9.17) is 0 Å². The number of alkyl halides is 1. The molecule has 4 heteroatoms. The summed E-state index contributed by atoms with van der Waals surface area (Å²) in [5, 5.41) is 9.34. The molecule has 2 nitrogen and oxygen atoms in total. The Bertz CT molecular complexity index is 809. The molecule has 3 rings (SSSR count). The van der Waals surface area contributed by atoms with Crippen molar-refractivity contribution in [2.75, 3.05) is 0 Å². The fraction of sp³-hybridized carbons (Fsp3) is 0.105. The average molecular weight is 312 g/mol. The Labute approximate surface area is 132 Å². The molecule has 0 heterocycles. The van der Waals surface area contributed by atoms with Gasteiger partial charge < -0.3 is 5.11 Å². The highest BCUT2D eigenvalue weighted by atomic mass is 19.1. The van der Waals surface area contributed by atoms with Crippen molar-refractivity contribution < 1.29 is 18.7 Å². The second-order valence-corrected chi connectivity index (χ2v) is 5.35. The predicted octanol–water partition coefficient (Wildman–Crippen LogP) is 4.89. The summed E-state index contributed by atoms with van der Waals surface area (Å²) in [5.74, 6) is -1.93. The Hall–Kier alpha value is -2.75. The van der Waals surface area contributed by atoms with Crippen LogP contribution in [0.15, 0.2) is 72.6 Å². The molecule has 0 bridgehead atoms. The van der Waals surface area contributed by atoms with Crippen LogP contribution in [0.1, 0.15) is 27.9 Å². The van der Waals surface area contributed by atoms with E-state index >= 15 is 4.39 Å². The van der Waals surface area contributed by atoms with Crippen LogP contribution in [0, 0.1) is 0 Å². The third-order valence-electron chi connectivity index (χ3n) is 3.95. The Morgan fingerprint density at radius 1 is 1.04 bits per heavy atom. The summed E-state index contributed by atoms with van der Waals surface area (Å²) in [6, 6.07) is 14.2. The van der Waals surface area contributed by atoms with Crippen molar-refractivity contribution in [1.82, 2.24) is 0 Å². The summed E-state index contributed by atoms with van der Waals surface area (Å²) in [6.07, 6.45) is 2.50. The van der Waals surface area contributed by atoms with E-state index in [0.717, 1.165) is 0 Å². The van der Waals surface area contributed by atoms with Gasteiger partial charge in [-0.1, -0.05) is 54.6 Å². The number of halogens is 2. The number of benzene rings is 2. The number of hydrogen-bond acceptors (Lipinski definition) is 1. The third kappa shape index (κ3) is 2.57. The average Bonchev–Trinajstić information content (AvgIpc) is 2.55. The van der Waals surface area contributed by atoms with Gasteiger partial charge in [0, 0.05) is 17.6 Å². The fourth-order valence-electron chi connectivity index (χ4n) is 2.93. The van der Waals surface area contributed by atoms with Gasteiger partial charge in [0.1, 0.15) is 5.83 Å². The Balaban J connectivity index is 2.25. The molecule has 2 aromatic carbocycles. The van der Waals surface area contributed by atoms with Crippen molar-refractivity contribution in [2.45, 2.75) is 12.1 Å². The largest absolute Gasteiger partial charge is 0.478 e. The minimum atomic E-state index is -2.23. The van der Waals surface area contributed by atoms with E-state index < -0.39 is 17.5 Å². The lowest BCUT2D eigenvalue weighted by atomic mass is 9.77. The number of carboxylic acids is 1. The smallest absolute Gasteiger partial charge is 0.336 e. The van der Waals surface area contributed by atoms with Crippen LogP contribution in [0.2, 0.25) is 0 Å². The number of hydrogen-bond donors (Lipinski definition) is 1. The molecule has 0 spiro atoms. The van der Waals surface area contributed by atoms with Gasteiger partial charge in [0.15, 0.2) is 5.67 Å². The summed E-state index contributed by atoms with van der Waals surface area (Å²) in [6.45, 7) is 0. The van der Waals surface area contributed by atoms with Gasteiger partial charge in [-0.3, -0.25) is 0 Å². The van der Waals surface area contributed by atoms with E-state index in [1.807, 2.05) is 0 Å². The zero-order valence-electron chi connectivity index (χ0n) is 12.2. The quantitative estimate of drug-likeness (QED) is 0.876. The molecule has 1 N–H and O–H groups in total. The van der Waals surface area contributed by atoms with E-state index in [1.165, 1.54) is 30.4 Å². The second kappa shape index (κ2) is 5.80. The first-order chi connectivity index (χ1) is 11.0. The van der Waals surface area contributed by atoms with Crippen molar-refractivity contribution in [2.24, 2.45) is 0 Å². The molecule has 0 saturated heterocycles. The van der Waals surface area contributed by atoms with Crippen LogP contribution in [-0.4, -0.2) is 11.1 Å². The Kier molecular flexibility index (Phi) is 3.82. The van der Waals surface area contributed by atoms with Crippen molar-refractivity contribution in [3.63, 3.8) is 0 Å². The SMILES string of the molecule is O=C(O)c1ccccc1C1(F)CC=CC(F)=C1c1ccccc1. The van der Waals surface area contributed by atoms with Crippen molar-refractivity contribution in [3.8, 4) is 0 Å². The zero-order chi connectivity index (χ0) is 16.4. The number of rotatable bonds is 3. The highest BCUT2D eigenvalue weighted by Crippen LogP contribution is 2.48. The standard InChI is InChI=1S/C19H14F2O2/c20-16-11-6-12-19(21,17(16)13-7-2-1-3-8-13)15-10-5-4-9-14(15)18(22)23/h1-11H,12H2,(H,22,23). The van der Waals surface area contributed by atoms with Crippen molar-refractivity contribution in [1.29, 1.82) is 0 Å². The van der Waals surface area contributed by atoms with Crippen LogP contribution in [0.5, 0.6) is 0 Å². The molecule has 116 valence electrons. The summed E-state index contributed by atoms with van der Waals surface area (Å²) >= 11 is 0. The molecule has 0 aliphatic heterocycles. The molecular weight excluding hydrogens is 298 g/mol. The van der Waals surface area contributed by atoms with Crippen LogP contribution in [0.4, 0.5) is 8.78 Å². The second-order valence-electron chi connectivity index (χ2n) is 5.35. The normalized spacial score (nSPS) is 20.6. The minimum absolute atomic E-state index is 0.0362. The van der Waals surface area contributed by atoms with Gasteiger partial charge in [-0.15, -0.1) is 0 Å². The molecule has 1 aliphatic carbocycles. The highest BCUT2D eigenvalue weighted by molar-refractivity contribution is 5.92. The topological polar surface area (TPSA) is 37.3 Å². The number of allylic oxidation sites excluding steroid dienone is 4. The van der Waals surface area contributed by atoms with E-state index in [-0.39, 0.29) is 23.1 Å². The third-order valence-corrected chi connectivity index (χ3v) is 3.95. The maximum absolute atomic E-state index is 15.9. The van der Waals surface area contributed by atoms with Crippen molar-refractivity contribution in [3.05, 3.63) is 89.3 Å². The molecule has 0 radical (unpaired) electrons. The summed E-state index contributed by atoms with van der Waals surface area (Å²) < 4.78 is 30.4. The first-order valence-corrected chi connectivity index (χ1v) is 7.18. The van der Waals surface area contributed by atoms with Crippen LogP contribution < -0.4 is 0 Å². The number of carbonyl (C=O) groups is 1. The molecule has 0 amide bonds. The number of aromatic carboxylic acids is 1. The molecule has 1 unspecified atom stereocenters. The highest BCUT2D eigenvalue weighted by Gasteiger charge is 2.42. The summed E-state index contributed by atoms with van der Waals surface area (Å²) in [4.78, 5) is 11.4. The van der Waals surface area contributed by atoms with Gasteiger partial charge in [-0.25, -0.2) is 13.6 Å². The molecule has 0 aromatic heterocycles. The molecule has 0 saturated carbocycles. The van der Waals surface area contributed by atoms with Crippen LogP contribution in [0.3, 0.4) is 0 Å². The first-order valence-electron chi connectivity index (χ1n) is 7.18. The summed E-state index contributed by atoms with van der Waals surface area (Å²) in [7, 11) is 0. The van der Waals surface area contributed by atoms with Gasteiger partial charge in [0.2, 0.25) is 0 Å². The molecule has 0 fully saturated rings. The maximum Gasteiger partial charge on any atom is 0.336 e.